The maximum atomic E-state index is 6.09. The van der Waals surface area contributed by atoms with Crippen molar-refractivity contribution in [3.05, 3.63) is 54.7 Å². The van der Waals surface area contributed by atoms with Gasteiger partial charge in [-0.25, -0.2) is 4.98 Å². The molecule has 1 aliphatic rings. The van der Waals surface area contributed by atoms with E-state index in [1.807, 2.05) is 24.3 Å². The molecule has 0 amide bonds. The molecule has 0 aliphatic carbocycles. The Bertz CT molecular complexity index is 695. The van der Waals surface area contributed by atoms with Gasteiger partial charge >= 0.3 is 0 Å². The second-order valence-corrected chi connectivity index (χ2v) is 6.20. The monoisotopic (exact) mass is 337 g/mol. The van der Waals surface area contributed by atoms with Gasteiger partial charge in [-0.15, -0.1) is 6.58 Å². The first-order valence-corrected chi connectivity index (χ1v) is 8.82. The van der Waals surface area contributed by atoms with Crippen molar-refractivity contribution in [1.29, 1.82) is 0 Å². The number of hydrogen-bond acceptors (Lipinski definition) is 4. The number of methoxy groups -OCH3 is 1. The van der Waals surface area contributed by atoms with E-state index in [1.165, 1.54) is 25.9 Å². The summed E-state index contributed by atoms with van der Waals surface area (Å²) in [5, 5.41) is 0. The van der Waals surface area contributed by atoms with Gasteiger partial charge in [0.1, 0.15) is 18.1 Å². The van der Waals surface area contributed by atoms with E-state index in [9.17, 15) is 0 Å². The van der Waals surface area contributed by atoms with Crippen LogP contribution in [0.4, 0.5) is 0 Å². The Labute approximate surface area is 150 Å². The van der Waals surface area contributed by atoms with Crippen LogP contribution in [0.25, 0.3) is 11.3 Å². The van der Waals surface area contributed by atoms with Gasteiger partial charge in [-0.3, -0.25) is 4.90 Å². The van der Waals surface area contributed by atoms with Gasteiger partial charge in [0.15, 0.2) is 0 Å². The van der Waals surface area contributed by atoms with Crippen LogP contribution < -0.4 is 9.47 Å². The van der Waals surface area contributed by atoms with Gasteiger partial charge in [0.05, 0.1) is 19.0 Å². The summed E-state index contributed by atoms with van der Waals surface area (Å²) in [6.07, 6.45) is 8.11. The number of nitrogens with zero attached hydrogens (tertiary/aromatic N) is 2. The second-order valence-electron chi connectivity index (χ2n) is 6.20. The molecule has 2 heterocycles. The molecule has 0 N–H and O–H groups in total. The number of ether oxygens (including phenoxy) is 2. The summed E-state index contributed by atoms with van der Waals surface area (Å²) in [6.45, 7) is 7.88. The number of aromatic nitrogens is 1. The van der Waals surface area contributed by atoms with E-state index in [4.69, 9.17) is 9.47 Å². The summed E-state index contributed by atoms with van der Waals surface area (Å²) >= 11 is 0. The zero-order valence-electron chi connectivity index (χ0n) is 14.8. The van der Waals surface area contributed by atoms with Gasteiger partial charge in [-0.1, -0.05) is 12.1 Å². The van der Waals surface area contributed by atoms with E-state index in [-0.39, 0.29) is 0 Å². The van der Waals surface area contributed by atoms with E-state index < -0.39 is 0 Å². The van der Waals surface area contributed by atoms with Crippen LogP contribution in [0.3, 0.4) is 0 Å². The summed E-state index contributed by atoms with van der Waals surface area (Å²) in [4.78, 5) is 6.77. The molecule has 3 rings (SSSR count). The van der Waals surface area contributed by atoms with Crippen LogP contribution in [0.1, 0.15) is 18.4 Å². The van der Waals surface area contributed by atoms with Crippen molar-refractivity contribution in [1.82, 2.24) is 9.88 Å². The summed E-state index contributed by atoms with van der Waals surface area (Å²) in [6, 6.07) is 9.72. The van der Waals surface area contributed by atoms with Crippen molar-refractivity contribution in [3.63, 3.8) is 0 Å². The van der Waals surface area contributed by atoms with Crippen LogP contribution in [-0.4, -0.2) is 43.2 Å². The molecule has 0 spiro atoms. The molecule has 1 aromatic carbocycles. The van der Waals surface area contributed by atoms with E-state index in [2.05, 4.69) is 28.7 Å². The third kappa shape index (κ3) is 4.40. The van der Waals surface area contributed by atoms with Crippen LogP contribution in [0.15, 0.2) is 43.0 Å². The number of likely N-dealkylation sites (tertiary alicyclic amines) is 1. The lowest BCUT2D eigenvalue weighted by atomic mass is 10.0. The Morgan fingerprint density at radius 3 is 2.80 bits per heavy atom. The number of hydrogen-bond donors (Lipinski definition) is 0. The van der Waals surface area contributed by atoms with Crippen molar-refractivity contribution < 1.29 is 9.47 Å². The standard InChI is InChI=1S/C21H25N2O2/c1-3-8-17-15-18(19-9-4-5-10-22-19)21(24-2)16-20(17)25-14-13-23-11-6-7-12-23/h3-5,9,15-16H,1,6-8,11-14H2,2H3. The summed E-state index contributed by atoms with van der Waals surface area (Å²) in [5.74, 6) is 1.62. The molecule has 1 fully saturated rings. The number of allylic oxidation sites excluding steroid dienone is 1. The average Bonchev–Trinajstić information content (AvgIpc) is 3.17. The Morgan fingerprint density at radius 2 is 2.12 bits per heavy atom. The summed E-state index contributed by atoms with van der Waals surface area (Å²) in [7, 11) is 1.67. The first kappa shape index (κ1) is 17.5. The number of benzene rings is 1. The van der Waals surface area contributed by atoms with Gasteiger partial charge in [-0.2, -0.15) is 0 Å². The predicted octanol–water partition coefficient (Wildman–Crippen LogP) is 3.76. The highest BCUT2D eigenvalue weighted by Crippen LogP contribution is 2.35. The zero-order chi connectivity index (χ0) is 17.5. The molecule has 1 aliphatic heterocycles. The Balaban J connectivity index is 1.82. The quantitative estimate of drug-likeness (QED) is 0.687. The lowest BCUT2D eigenvalue weighted by Gasteiger charge is -2.18. The maximum Gasteiger partial charge on any atom is 0.131 e. The summed E-state index contributed by atoms with van der Waals surface area (Å²) in [5.41, 5.74) is 2.88. The average molecular weight is 337 g/mol. The molecule has 0 atom stereocenters. The van der Waals surface area contributed by atoms with Gasteiger partial charge < -0.3 is 9.47 Å². The smallest absolute Gasteiger partial charge is 0.131 e. The molecular formula is C21H25N2O2. The molecule has 1 radical (unpaired) electrons. The Morgan fingerprint density at radius 1 is 1.28 bits per heavy atom. The first-order valence-electron chi connectivity index (χ1n) is 8.82. The van der Waals surface area contributed by atoms with E-state index in [0.717, 1.165) is 41.3 Å². The molecule has 131 valence electrons. The highest BCUT2D eigenvalue weighted by molar-refractivity contribution is 5.70. The lowest BCUT2D eigenvalue weighted by molar-refractivity contribution is 0.236. The van der Waals surface area contributed by atoms with Gasteiger partial charge in [0.25, 0.3) is 0 Å². The highest BCUT2D eigenvalue weighted by atomic mass is 16.5. The minimum Gasteiger partial charge on any atom is -0.496 e. The van der Waals surface area contributed by atoms with Crippen molar-refractivity contribution in [3.8, 4) is 22.8 Å². The first-order chi connectivity index (χ1) is 12.3. The third-order valence-corrected chi connectivity index (χ3v) is 4.50. The lowest BCUT2D eigenvalue weighted by Crippen LogP contribution is -2.25. The molecule has 1 saturated heterocycles. The minimum atomic E-state index is 0.685. The Kier molecular flexibility index (Phi) is 6.07. The molecule has 4 heteroatoms. The Hall–Kier alpha value is -2.33. The van der Waals surface area contributed by atoms with Crippen molar-refractivity contribution >= 4 is 0 Å². The van der Waals surface area contributed by atoms with Gasteiger partial charge in [-0.05, 0) is 56.1 Å². The van der Waals surface area contributed by atoms with Gasteiger partial charge in [0, 0.05) is 18.2 Å². The molecule has 2 aromatic rings. The van der Waals surface area contributed by atoms with E-state index in [0.29, 0.717) is 6.61 Å². The molecule has 1 aromatic heterocycles. The fraction of sp³-hybridized carbons (Fsp3) is 0.381. The third-order valence-electron chi connectivity index (χ3n) is 4.50. The maximum absolute atomic E-state index is 6.09. The van der Waals surface area contributed by atoms with Gasteiger partial charge in [0.2, 0.25) is 0 Å². The topological polar surface area (TPSA) is 34.6 Å². The number of pyridine rings is 1. The van der Waals surface area contributed by atoms with Crippen LogP contribution in [-0.2, 0) is 6.42 Å². The largest absolute Gasteiger partial charge is 0.496 e. The number of rotatable bonds is 8. The molecule has 25 heavy (non-hydrogen) atoms. The summed E-state index contributed by atoms with van der Waals surface area (Å²) < 4.78 is 11.7. The molecule has 0 unspecified atom stereocenters. The fourth-order valence-corrected chi connectivity index (χ4v) is 3.19. The SMILES string of the molecule is C=CCc1cc(-c2ccc[c]n2)c(OC)cc1OCCN1CCCC1. The normalized spacial score (nSPS) is 14.4. The van der Waals surface area contributed by atoms with Crippen LogP contribution >= 0.6 is 0 Å². The van der Waals surface area contributed by atoms with E-state index in [1.54, 1.807) is 13.2 Å². The van der Waals surface area contributed by atoms with Crippen molar-refractivity contribution in [2.75, 3.05) is 33.4 Å². The van der Waals surface area contributed by atoms with Crippen LogP contribution in [0.5, 0.6) is 11.5 Å². The molecule has 0 bridgehead atoms. The second kappa shape index (κ2) is 8.67. The zero-order valence-corrected chi connectivity index (χ0v) is 14.8. The van der Waals surface area contributed by atoms with Crippen LogP contribution in [0, 0.1) is 6.20 Å². The predicted molar refractivity (Wildman–Crippen MR) is 100 cm³/mol. The minimum absolute atomic E-state index is 0.685. The highest BCUT2D eigenvalue weighted by Gasteiger charge is 2.15. The molecular weight excluding hydrogens is 312 g/mol. The molecule has 0 saturated carbocycles. The molecule has 4 nitrogen and oxygen atoms in total. The van der Waals surface area contributed by atoms with Crippen molar-refractivity contribution in [2.45, 2.75) is 19.3 Å². The van der Waals surface area contributed by atoms with Crippen LogP contribution in [0.2, 0.25) is 0 Å². The van der Waals surface area contributed by atoms with Crippen molar-refractivity contribution in [2.24, 2.45) is 0 Å². The fourth-order valence-electron chi connectivity index (χ4n) is 3.19. The van der Waals surface area contributed by atoms with E-state index >= 15 is 0 Å².